The first kappa shape index (κ1) is 11.6. The van der Waals surface area contributed by atoms with E-state index in [9.17, 15) is 0 Å². The molecule has 0 spiro atoms. The van der Waals surface area contributed by atoms with Crippen molar-refractivity contribution in [3.8, 4) is 0 Å². The molecule has 1 aromatic heterocycles. The molecule has 0 atom stereocenters. The molecule has 1 saturated carbocycles. The largest absolute Gasteiger partial charge is 0.314 e. The van der Waals surface area contributed by atoms with E-state index in [4.69, 9.17) is 0 Å². The predicted octanol–water partition coefficient (Wildman–Crippen LogP) is 0.960. The van der Waals surface area contributed by atoms with E-state index in [2.05, 4.69) is 28.9 Å². The van der Waals surface area contributed by atoms with Crippen LogP contribution >= 0.6 is 0 Å². The van der Waals surface area contributed by atoms with Crippen LogP contribution in [0.1, 0.15) is 30.5 Å². The summed E-state index contributed by atoms with van der Waals surface area (Å²) in [5, 5.41) is 11.3. The van der Waals surface area contributed by atoms with Crippen molar-refractivity contribution in [3.63, 3.8) is 0 Å². The highest BCUT2D eigenvalue weighted by Crippen LogP contribution is 2.18. The molecule has 0 saturated heterocycles. The number of nitrogens with zero attached hydrogens (tertiary/aromatic N) is 2. The number of aromatic nitrogens is 2. The van der Waals surface area contributed by atoms with Crippen molar-refractivity contribution in [1.29, 1.82) is 0 Å². The Labute approximate surface area is 97.4 Å². The third-order valence-electron chi connectivity index (χ3n) is 2.97. The molecule has 0 radical (unpaired) electrons. The van der Waals surface area contributed by atoms with Crippen LogP contribution in [0.2, 0.25) is 0 Å². The van der Waals surface area contributed by atoms with E-state index >= 15 is 0 Å². The van der Waals surface area contributed by atoms with E-state index in [0.29, 0.717) is 0 Å². The normalized spacial score (nSPS) is 15.6. The molecule has 0 aromatic carbocycles. The van der Waals surface area contributed by atoms with Gasteiger partial charge in [0.25, 0.3) is 0 Å². The Bertz CT molecular complexity index is 328. The maximum atomic E-state index is 4.32. The van der Waals surface area contributed by atoms with Crippen molar-refractivity contribution >= 4 is 0 Å². The molecule has 1 aromatic rings. The fourth-order valence-corrected chi connectivity index (χ4v) is 1.85. The van der Waals surface area contributed by atoms with Crippen molar-refractivity contribution < 1.29 is 0 Å². The second-order valence-corrected chi connectivity index (χ2v) is 4.67. The van der Waals surface area contributed by atoms with Crippen LogP contribution in [0.5, 0.6) is 0 Å². The van der Waals surface area contributed by atoms with Gasteiger partial charge in [0, 0.05) is 31.4 Å². The van der Waals surface area contributed by atoms with Gasteiger partial charge in [0.15, 0.2) is 0 Å². The zero-order chi connectivity index (χ0) is 11.4. The van der Waals surface area contributed by atoms with Crippen LogP contribution in [-0.4, -0.2) is 28.9 Å². The van der Waals surface area contributed by atoms with Crippen LogP contribution < -0.4 is 10.6 Å². The SMILES string of the molecule is Cc1nn(C)cc1CNCCCNC1CC1. The van der Waals surface area contributed by atoms with Crippen molar-refractivity contribution in [2.75, 3.05) is 13.1 Å². The minimum atomic E-state index is 0.834. The molecule has 1 aliphatic rings. The molecule has 0 aliphatic heterocycles. The van der Waals surface area contributed by atoms with Gasteiger partial charge in [0.05, 0.1) is 5.69 Å². The van der Waals surface area contributed by atoms with Crippen LogP contribution in [0.25, 0.3) is 0 Å². The Hall–Kier alpha value is -0.870. The highest BCUT2D eigenvalue weighted by molar-refractivity contribution is 5.14. The molecule has 0 amide bonds. The Morgan fingerprint density at radius 3 is 2.88 bits per heavy atom. The van der Waals surface area contributed by atoms with E-state index in [1.165, 1.54) is 24.8 Å². The molecule has 2 rings (SSSR count). The summed E-state index contributed by atoms with van der Waals surface area (Å²) in [5.74, 6) is 0. The summed E-state index contributed by atoms with van der Waals surface area (Å²) in [6.07, 6.45) is 6.05. The Kier molecular flexibility index (Phi) is 3.96. The lowest BCUT2D eigenvalue weighted by Gasteiger charge is -2.04. The molecule has 1 heterocycles. The van der Waals surface area contributed by atoms with E-state index in [-0.39, 0.29) is 0 Å². The molecular formula is C12H22N4. The summed E-state index contributed by atoms with van der Waals surface area (Å²) >= 11 is 0. The number of rotatable bonds is 7. The molecule has 4 heteroatoms. The van der Waals surface area contributed by atoms with Crippen LogP contribution in [-0.2, 0) is 13.6 Å². The first-order valence-electron chi connectivity index (χ1n) is 6.19. The van der Waals surface area contributed by atoms with Gasteiger partial charge in [-0.05, 0) is 39.3 Å². The lowest BCUT2D eigenvalue weighted by atomic mass is 10.2. The number of nitrogens with one attached hydrogen (secondary N) is 2. The second-order valence-electron chi connectivity index (χ2n) is 4.67. The van der Waals surface area contributed by atoms with E-state index in [1.807, 2.05) is 11.7 Å². The van der Waals surface area contributed by atoms with Crippen LogP contribution in [0, 0.1) is 6.92 Å². The minimum Gasteiger partial charge on any atom is -0.314 e. The zero-order valence-corrected chi connectivity index (χ0v) is 10.3. The van der Waals surface area contributed by atoms with Crippen molar-refractivity contribution in [2.45, 2.75) is 38.8 Å². The molecule has 1 fully saturated rings. The lowest BCUT2D eigenvalue weighted by molar-refractivity contribution is 0.592. The summed E-state index contributed by atoms with van der Waals surface area (Å²) < 4.78 is 1.88. The zero-order valence-electron chi connectivity index (χ0n) is 10.3. The summed E-state index contributed by atoms with van der Waals surface area (Å²) in [6.45, 7) is 5.21. The van der Waals surface area contributed by atoms with Gasteiger partial charge >= 0.3 is 0 Å². The van der Waals surface area contributed by atoms with Gasteiger partial charge in [-0.25, -0.2) is 0 Å². The molecule has 0 unspecified atom stereocenters. The van der Waals surface area contributed by atoms with Gasteiger partial charge in [-0.2, -0.15) is 5.10 Å². The Morgan fingerprint density at radius 2 is 2.25 bits per heavy atom. The van der Waals surface area contributed by atoms with Crippen molar-refractivity contribution in [3.05, 3.63) is 17.5 Å². The lowest BCUT2D eigenvalue weighted by Crippen LogP contribution is -2.23. The maximum Gasteiger partial charge on any atom is 0.0638 e. The average molecular weight is 222 g/mol. The predicted molar refractivity (Wildman–Crippen MR) is 65.3 cm³/mol. The standard InChI is InChI=1S/C12H22N4/c1-10-11(9-16(2)15-10)8-13-6-3-7-14-12-4-5-12/h9,12-14H,3-8H2,1-2H3. The average Bonchev–Trinajstić information content (AvgIpc) is 2.99. The number of hydrogen-bond acceptors (Lipinski definition) is 3. The van der Waals surface area contributed by atoms with Crippen LogP contribution in [0.3, 0.4) is 0 Å². The van der Waals surface area contributed by atoms with E-state index < -0.39 is 0 Å². The van der Waals surface area contributed by atoms with Gasteiger partial charge in [-0.15, -0.1) is 0 Å². The highest BCUT2D eigenvalue weighted by Gasteiger charge is 2.19. The molecular weight excluding hydrogens is 200 g/mol. The third-order valence-corrected chi connectivity index (χ3v) is 2.97. The third kappa shape index (κ3) is 3.61. The second kappa shape index (κ2) is 5.46. The Balaban J connectivity index is 1.54. The molecule has 90 valence electrons. The van der Waals surface area contributed by atoms with Crippen LogP contribution in [0.15, 0.2) is 6.20 Å². The van der Waals surface area contributed by atoms with Gasteiger partial charge in [-0.1, -0.05) is 0 Å². The van der Waals surface area contributed by atoms with E-state index in [1.54, 1.807) is 0 Å². The fourth-order valence-electron chi connectivity index (χ4n) is 1.85. The summed E-state index contributed by atoms with van der Waals surface area (Å²) in [4.78, 5) is 0. The number of hydrogen-bond donors (Lipinski definition) is 2. The van der Waals surface area contributed by atoms with Gasteiger partial charge in [-0.3, -0.25) is 4.68 Å². The van der Waals surface area contributed by atoms with Crippen molar-refractivity contribution in [1.82, 2.24) is 20.4 Å². The molecule has 0 bridgehead atoms. The fraction of sp³-hybridized carbons (Fsp3) is 0.750. The van der Waals surface area contributed by atoms with Crippen molar-refractivity contribution in [2.24, 2.45) is 7.05 Å². The smallest absolute Gasteiger partial charge is 0.0638 e. The van der Waals surface area contributed by atoms with Crippen LogP contribution in [0.4, 0.5) is 0 Å². The van der Waals surface area contributed by atoms with Gasteiger partial charge in [0.1, 0.15) is 0 Å². The van der Waals surface area contributed by atoms with Gasteiger partial charge in [0.2, 0.25) is 0 Å². The molecule has 16 heavy (non-hydrogen) atoms. The quantitative estimate of drug-likeness (QED) is 0.675. The molecule has 2 N–H and O–H groups in total. The maximum absolute atomic E-state index is 4.32. The summed E-state index contributed by atoms with van der Waals surface area (Å²) in [6, 6.07) is 0.834. The van der Waals surface area contributed by atoms with Gasteiger partial charge < -0.3 is 10.6 Å². The topological polar surface area (TPSA) is 41.9 Å². The van der Waals surface area contributed by atoms with E-state index in [0.717, 1.165) is 31.4 Å². The Morgan fingerprint density at radius 1 is 1.44 bits per heavy atom. The minimum absolute atomic E-state index is 0.834. The first-order valence-corrected chi connectivity index (χ1v) is 6.19. The summed E-state index contributed by atoms with van der Waals surface area (Å²) in [5.41, 5.74) is 2.43. The summed E-state index contributed by atoms with van der Waals surface area (Å²) in [7, 11) is 1.97. The molecule has 1 aliphatic carbocycles. The highest BCUT2D eigenvalue weighted by atomic mass is 15.2. The first-order chi connectivity index (χ1) is 7.75. The number of aryl methyl sites for hydroxylation is 2. The molecule has 4 nitrogen and oxygen atoms in total. The monoisotopic (exact) mass is 222 g/mol.